The van der Waals surface area contributed by atoms with Crippen molar-refractivity contribution in [3.05, 3.63) is 127 Å². The minimum atomic E-state index is -1.10. The first-order valence-corrected chi connectivity index (χ1v) is 13.1. The highest BCUT2D eigenvalue weighted by Crippen LogP contribution is 2.35. The number of ether oxygens (including phenoxy) is 2. The Morgan fingerprint density at radius 2 is 1.68 bits per heavy atom. The summed E-state index contributed by atoms with van der Waals surface area (Å²) in [5.74, 6) is -0.311. The van der Waals surface area contributed by atoms with Crippen molar-refractivity contribution in [2.24, 2.45) is 0 Å². The molecule has 0 radical (unpaired) electrons. The predicted octanol–water partition coefficient (Wildman–Crippen LogP) is 5.00. The number of benzene rings is 3. The fourth-order valence-electron chi connectivity index (χ4n) is 4.74. The van der Waals surface area contributed by atoms with E-state index in [9.17, 15) is 14.0 Å². The van der Waals surface area contributed by atoms with Gasteiger partial charge in [-0.25, -0.2) is 4.39 Å². The molecule has 9 heteroatoms. The molecule has 204 valence electrons. The molecule has 5 aromatic rings. The number of nitrogens with zero attached hydrogens (tertiary/aromatic N) is 3. The van der Waals surface area contributed by atoms with E-state index in [2.05, 4.69) is 15.3 Å². The number of halogens is 1. The zero-order valence-corrected chi connectivity index (χ0v) is 21.8. The zero-order chi connectivity index (χ0) is 28.2. The summed E-state index contributed by atoms with van der Waals surface area (Å²) in [6.07, 6.45) is 3.67. The van der Waals surface area contributed by atoms with Crippen LogP contribution in [0.5, 0.6) is 11.5 Å². The third-order valence-corrected chi connectivity index (χ3v) is 6.78. The number of fused-ring (bicyclic) bond motifs is 2. The van der Waals surface area contributed by atoms with Crippen LogP contribution in [0.4, 0.5) is 10.1 Å². The highest BCUT2D eigenvalue weighted by molar-refractivity contribution is 6.04. The molecule has 8 nitrogen and oxygen atoms in total. The molecule has 0 saturated heterocycles. The van der Waals surface area contributed by atoms with Crippen LogP contribution in [0.1, 0.15) is 17.2 Å². The first-order chi connectivity index (χ1) is 20.1. The molecule has 0 bridgehead atoms. The maximum atomic E-state index is 14.3. The SMILES string of the molecule is O=C(NCc1ccc(F)cc1)[C@H](c1ccncc1)N(C(=O)[C@H]1COc2ccccc2O1)c1cnc2ccccc2c1. The Kier molecular flexibility index (Phi) is 7.23. The Morgan fingerprint density at radius 3 is 2.49 bits per heavy atom. The second-order valence-corrected chi connectivity index (χ2v) is 9.49. The highest BCUT2D eigenvalue weighted by Gasteiger charge is 2.39. The van der Waals surface area contributed by atoms with E-state index in [1.165, 1.54) is 17.0 Å². The van der Waals surface area contributed by atoms with Crippen LogP contribution in [-0.2, 0) is 16.1 Å². The lowest BCUT2D eigenvalue weighted by molar-refractivity contribution is -0.131. The number of hydrogen-bond donors (Lipinski definition) is 1. The average Bonchev–Trinajstić information content (AvgIpc) is 3.03. The third kappa shape index (κ3) is 5.56. The predicted molar refractivity (Wildman–Crippen MR) is 151 cm³/mol. The quantitative estimate of drug-likeness (QED) is 0.308. The molecular formula is C32H25FN4O4. The number of carbonyl (C=O) groups is 2. The van der Waals surface area contributed by atoms with E-state index in [1.54, 1.807) is 61.1 Å². The molecule has 2 aromatic heterocycles. The first kappa shape index (κ1) is 25.9. The number of nitrogens with one attached hydrogen (secondary N) is 1. The molecule has 0 saturated carbocycles. The standard InChI is InChI=1S/C32H25FN4O4/c33-24-11-9-21(10-12-24)18-36-31(38)30(22-13-15-34-16-14-22)37(25-17-23-5-1-2-6-26(23)35-19-25)32(39)29-20-40-27-7-3-4-8-28(27)41-29/h1-17,19,29-30H,18,20H2,(H,36,38)/t29-,30+/m1/s1. The molecule has 1 N–H and O–H groups in total. The fourth-order valence-corrected chi connectivity index (χ4v) is 4.74. The number of carbonyl (C=O) groups excluding carboxylic acids is 2. The van der Waals surface area contributed by atoms with Crippen molar-refractivity contribution in [3.63, 3.8) is 0 Å². The summed E-state index contributed by atoms with van der Waals surface area (Å²) in [6, 6.07) is 24.6. The molecule has 0 fully saturated rings. The van der Waals surface area contributed by atoms with Gasteiger partial charge in [0.25, 0.3) is 5.91 Å². The van der Waals surface area contributed by atoms with Crippen molar-refractivity contribution in [2.45, 2.75) is 18.7 Å². The van der Waals surface area contributed by atoms with Gasteiger partial charge in [0.2, 0.25) is 12.0 Å². The molecule has 3 heterocycles. The molecule has 1 aliphatic heterocycles. The molecule has 0 aliphatic carbocycles. The number of anilines is 1. The van der Waals surface area contributed by atoms with E-state index in [4.69, 9.17) is 9.47 Å². The maximum Gasteiger partial charge on any atom is 0.272 e. The summed E-state index contributed by atoms with van der Waals surface area (Å²) in [5.41, 5.74) is 2.40. The van der Waals surface area contributed by atoms with Crippen LogP contribution in [0.2, 0.25) is 0 Å². The van der Waals surface area contributed by atoms with Gasteiger partial charge in [-0.05, 0) is 59.7 Å². The molecule has 6 rings (SSSR count). The van der Waals surface area contributed by atoms with E-state index in [-0.39, 0.29) is 19.0 Å². The minimum Gasteiger partial charge on any atom is -0.485 e. The molecule has 2 amide bonds. The van der Waals surface area contributed by atoms with Gasteiger partial charge in [-0.2, -0.15) is 0 Å². The van der Waals surface area contributed by atoms with Gasteiger partial charge < -0.3 is 14.8 Å². The van der Waals surface area contributed by atoms with Gasteiger partial charge in [-0.1, -0.05) is 42.5 Å². The van der Waals surface area contributed by atoms with Crippen molar-refractivity contribution in [1.29, 1.82) is 0 Å². The summed E-state index contributed by atoms with van der Waals surface area (Å²) >= 11 is 0. The lowest BCUT2D eigenvalue weighted by Crippen LogP contribution is -2.51. The van der Waals surface area contributed by atoms with Gasteiger partial charge in [0.1, 0.15) is 18.5 Å². The van der Waals surface area contributed by atoms with E-state index < -0.39 is 24.0 Å². The highest BCUT2D eigenvalue weighted by atomic mass is 19.1. The molecule has 41 heavy (non-hydrogen) atoms. The summed E-state index contributed by atoms with van der Waals surface area (Å²) in [6.45, 7) is 0.0999. The number of aromatic nitrogens is 2. The first-order valence-electron chi connectivity index (χ1n) is 13.1. The van der Waals surface area contributed by atoms with E-state index in [0.29, 0.717) is 28.3 Å². The van der Waals surface area contributed by atoms with Gasteiger partial charge in [0.05, 0.1) is 17.4 Å². The van der Waals surface area contributed by atoms with Gasteiger partial charge in [0.15, 0.2) is 11.5 Å². The Labute approximate surface area is 235 Å². The third-order valence-electron chi connectivity index (χ3n) is 6.78. The molecule has 3 aromatic carbocycles. The van der Waals surface area contributed by atoms with Crippen molar-refractivity contribution < 1.29 is 23.5 Å². The van der Waals surface area contributed by atoms with Crippen molar-refractivity contribution >= 4 is 28.4 Å². The van der Waals surface area contributed by atoms with E-state index in [0.717, 1.165) is 10.9 Å². The molecule has 0 spiro atoms. The van der Waals surface area contributed by atoms with Gasteiger partial charge in [-0.15, -0.1) is 0 Å². The maximum absolute atomic E-state index is 14.3. The van der Waals surface area contributed by atoms with Crippen LogP contribution < -0.4 is 19.7 Å². The summed E-state index contributed by atoms with van der Waals surface area (Å²) in [7, 11) is 0. The second-order valence-electron chi connectivity index (χ2n) is 9.49. The van der Waals surface area contributed by atoms with Crippen LogP contribution >= 0.6 is 0 Å². The monoisotopic (exact) mass is 548 g/mol. The Balaban J connectivity index is 1.41. The van der Waals surface area contributed by atoms with Gasteiger partial charge in [0, 0.05) is 24.3 Å². The van der Waals surface area contributed by atoms with Gasteiger partial charge >= 0.3 is 0 Å². The van der Waals surface area contributed by atoms with E-state index >= 15 is 0 Å². The Morgan fingerprint density at radius 1 is 0.951 bits per heavy atom. The second kappa shape index (κ2) is 11.4. The zero-order valence-electron chi connectivity index (χ0n) is 21.8. The van der Waals surface area contributed by atoms with Gasteiger partial charge in [-0.3, -0.25) is 24.5 Å². The number of amides is 2. The Hall–Kier alpha value is -5.31. The van der Waals surface area contributed by atoms with Crippen molar-refractivity contribution in [2.75, 3.05) is 11.5 Å². The van der Waals surface area contributed by atoms with Crippen LogP contribution in [0, 0.1) is 5.82 Å². The summed E-state index contributed by atoms with van der Waals surface area (Å²) in [4.78, 5) is 38.3. The number of pyridine rings is 2. The van der Waals surface area contributed by atoms with Crippen LogP contribution in [-0.4, -0.2) is 34.5 Å². The lowest BCUT2D eigenvalue weighted by Gasteiger charge is -2.35. The summed E-state index contributed by atoms with van der Waals surface area (Å²) < 4.78 is 25.4. The van der Waals surface area contributed by atoms with Crippen LogP contribution in [0.3, 0.4) is 0 Å². The van der Waals surface area contributed by atoms with Crippen LogP contribution in [0.15, 0.2) is 110 Å². The van der Waals surface area contributed by atoms with E-state index in [1.807, 2.05) is 36.4 Å². The van der Waals surface area contributed by atoms with Crippen molar-refractivity contribution in [3.8, 4) is 11.5 Å². The summed E-state index contributed by atoms with van der Waals surface area (Å²) in [5, 5.41) is 3.71. The minimum absolute atomic E-state index is 0.0341. The molecule has 2 atom stereocenters. The number of hydrogen-bond acceptors (Lipinski definition) is 6. The molecule has 1 aliphatic rings. The molecule has 0 unspecified atom stereocenters. The average molecular weight is 549 g/mol. The number of rotatable bonds is 7. The normalized spacial score (nSPS) is 14.7. The topological polar surface area (TPSA) is 93.7 Å². The number of para-hydroxylation sites is 3. The molecular weight excluding hydrogens is 523 g/mol. The van der Waals surface area contributed by atoms with Crippen molar-refractivity contribution in [1.82, 2.24) is 15.3 Å². The smallest absolute Gasteiger partial charge is 0.272 e. The lowest BCUT2D eigenvalue weighted by atomic mass is 10.0. The van der Waals surface area contributed by atoms with Crippen LogP contribution in [0.25, 0.3) is 10.9 Å². The largest absolute Gasteiger partial charge is 0.485 e. The fraction of sp³-hybridized carbons (Fsp3) is 0.125. The Bertz CT molecular complexity index is 1700.